The number of aromatic nitrogens is 2. The molecule has 0 atom stereocenters. The van der Waals surface area contributed by atoms with Gasteiger partial charge in [0, 0.05) is 18.5 Å². The number of H-pyrrole nitrogens is 1. The number of nitrogens with zero attached hydrogens (tertiary/aromatic N) is 1. The Balaban J connectivity index is 2.17. The molecule has 19 heavy (non-hydrogen) atoms. The lowest BCUT2D eigenvalue weighted by atomic mass is 10.2. The van der Waals surface area contributed by atoms with Crippen molar-refractivity contribution in [3.8, 4) is 11.3 Å². The summed E-state index contributed by atoms with van der Waals surface area (Å²) >= 11 is 5.06. The summed E-state index contributed by atoms with van der Waals surface area (Å²) in [6, 6.07) is 9.42. The highest BCUT2D eigenvalue weighted by molar-refractivity contribution is 8.00. The first-order chi connectivity index (χ1) is 8.97. The van der Waals surface area contributed by atoms with Gasteiger partial charge in [0.15, 0.2) is 4.77 Å². The summed E-state index contributed by atoms with van der Waals surface area (Å²) in [5.41, 5.74) is -2.48. The van der Waals surface area contributed by atoms with Crippen LogP contribution in [0.3, 0.4) is 0 Å². The maximum Gasteiger partial charge on any atom is 0.441 e. The fourth-order valence-electron chi connectivity index (χ4n) is 1.72. The molecular weight excluding hydrogens is 293 g/mol. The molecule has 0 aliphatic heterocycles. The molecule has 0 unspecified atom stereocenters. The third kappa shape index (κ3) is 3.87. The van der Waals surface area contributed by atoms with Crippen LogP contribution < -0.4 is 0 Å². The third-order valence-corrected chi connectivity index (χ3v) is 3.57. The van der Waals surface area contributed by atoms with Crippen molar-refractivity contribution >= 4 is 24.0 Å². The van der Waals surface area contributed by atoms with Crippen molar-refractivity contribution < 1.29 is 13.2 Å². The predicted molar refractivity (Wildman–Crippen MR) is 73.6 cm³/mol. The average Bonchev–Trinajstić information content (AvgIpc) is 2.71. The minimum Gasteiger partial charge on any atom is -0.337 e. The molecular formula is C12H11F3N2S2. The summed E-state index contributed by atoms with van der Waals surface area (Å²) in [7, 11) is 0. The smallest absolute Gasteiger partial charge is 0.337 e. The zero-order valence-corrected chi connectivity index (χ0v) is 11.4. The Morgan fingerprint density at radius 1 is 1.21 bits per heavy atom. The highest BCUT2D eigenvalue weighted by atomic mass is 32.2. The van der Waals surface area contributed by atoms with Crippen LogP contribution in [0.2, 0.25) is 0 Å². The van der Waals surface area contributed by atoms with Crippen molar-refractivity contribution in [3.05, 3.63) is 41.3 Å². The van der Waals surface area contributed by atoms with Gasteiger partial charge in [-0.05, 0) is 29.5 Å². The van der Waals surface area contributed by atoms with Gasteiger partial charge < -0.3 is 9.55 Å². The van der Waals surface area contributed by atoms with E-state index in [1.165, 1.54) is 0 Å². The van der Waals surface area contributed by atoms with Crippen LogP contribution in [-0.4, -0.2) is 20.8 Å². The second-order valence-corrected chi connectivity index (χ2v) is 5.34. The SMILES string of the molecule is FC(F)(F)SCCn1c(-c2ccccc2)c[nH]c1=S. The van der Waals surface area contributed by atoms with Crippen LogP contribution in [0.15, 0.2) is 36.5 Å². The Morgan fingerprint density at radius 2 is 1.89 bits per heavy atom. The van der Waals surface area contributed by atoms with Crippen LogP contribution in [0.1, 0.15) is 0 Å². The number of aromatic amines is 1. The maximum absolute atomic E-state index is 12.1. The van der Waals surface area contributed by atoms with Gasteiger partial charge in [0.2, 0.25) is 0 Å². The minimum atomic E-state index is -4.20. The molecule has 0 saturated heterocycles. The molecule has 102 valence electrons. The Morgan fingerprint density at radius 3 is 2.53 bits per heavy atom. The monoisotopic (exact) mass is 304 g/mol. The fraction of sp³-hybridized carbons (Fsp3) is 0.250. The Hall–Kier alpha value is -1.21. The quantitative estimate of drug-likeness (QED) is 0.841. The molecule has 0 spiro atoms. The van der Waals surface area contributed by atoms with Gasteiger partial charge in [0.1, 0.15) is 0 Å². The zero-order valence-electron chi connectivity index (χ0n) is 9.78. The first kappa shape index (κ1) is 14.2. The topological polar surface area (TPSA) is 20.7 Å². The highest BCUT2D eigenvalue weighted by Gasteiger charge is 2.27. The van der Waals surface area contributed by atoms with Crippen LogP contribution in [0.4, 0.5) is 13.2 Å². The summed E-state index contributed by atoms with van der Waals surface area (Å²) in [5, 5.41) is 0. The number of nitrogens with one attached hydrogen (secondary N) is 1. The summed E-state index contributed by atoms with van der Waals surface area (Å²) in [6.07, 6.45) is 1.72. The number of hydrogen-bond donors (Lipinski definition) is 1. The van der Waals surface area contributed by atoms with Gasteiger partial charge in [-0.15, -0.1) is 0 Å². The van der Waals surface area contributed by atoms with Crippen molar-refractivity contribution in [2.75, 3.05) is 5.75 Å². The van der Waals surface area contributed by atoms with E-state index in [1.807, 2.05) is 30.3 Å². The van der Waals surface area contributed by atoms with E-state index in [1.54, 1.807) is 10.8 Å². The normalized spacial score (nSPS) is 11.7. The van der Waals surface area contributed by atoms with Gasteiger partial charge in [0.05, 0.1) is 5.69 Å². The first-order valence-electron chi connectivity index (χ1n) is 5.52. The van der Waals surface area contributed by atoms with E-state index in [0.29, 0.717) is 4.77 Å². The van der Waals surface area contributed by atoms with Crippen molar-refractivity contribution in [2.24, 2.45) is 0 Å². The number of benzene rings is 1. The van der Waals surface area contributed by atoms with E-state index in [0.717, 1.165) is 11.3 Å². The number of rotatable bonds is 4. The number of alkyl halides is 3. The summed E-state index contributed by atoms with van der Waals surface area (Å²) < 4.78 is 38.5. The van der Waals surface area contributed by atoms with Crippen LogP contribution in [0.5, 0.6) is 0 Å². The molecule has 7 heteroatoms. The van der Waals surface area contributed by atoms with Gasteiger partial charge in [-0.3, -0.25) is 0 Å². The second-order valence-electron chi connectivity index (χ2n) is 3.79. The van der Waals surface area contributed by atoms with Crippen molar-refractivity contribution in [3.63, 3.8) is 0 Å². The molecule has 0 aliphatic carbocycles. The molecule has 2 rings (SSSR count). The third-order valence-electron chi connectivity index (χ3n) is 2.52. The lowest BCUT2D eigenvalue weighted by molar-refractivity contribution is -0.0328. The maximum atomic E-state index is 12.1. The molecule has 1 aromatic heterocycles. The van der Waals surface area contributed by atoms with Crippen molar-refractivity contribution in [1.82, 2.24) is 9.55 Å². The van der Waals surface area contributed by atoms with Crippen LogP contribution in [0, 0.1) is 4.77 Å². The zero-order chi connectivity index (χ0) is 13.9. The fourth-order valence-corrected chi connectivity index (χ4v) is 2.47. The van der Waals surface area contributed by atoms with E-state index in [2.05, 4.69) is 4.98 Å². The minimum absolute atomic E-state index is 0.0366. The Kier molecular flexibility index (Phi) is 4.36. The van der Waals surface area contributed by atoms with Crippen LogP contribution in [-0.2, 0) is 6.54 Å². The Labute approximate surface area is 117 Å². The summed E-state index contributed by atoms with van der Waals surface area (Å²) in [5.74, 6) is -0.0600. The standard InChI is InChI=1S/C12H11F3N2S2/c13-12(14,15)19-7-6-17-10(8-16-11(17)18)9-4-2-1-3-5-9/h1-5,8H,6-7H2,(H,16,18). The summed E-state index contributed by atoms with van der Waals surface area (Å²) in [6.45, 7) is 0.219. The van der Waals surface area contributed by atoms with E-state index in [9.17, 15) is 13.2 Å². The largest absolute Gasteiger partial charge is 0.441 e. The average molecular weight is 304 g/mol. The van der Waals surface area contributed by atoms with Crippen LogP contribution >= 0.6 is 24.0 Å². The number of thioether (sulfide) groups is 1. The van der Waals surface area contributed by atoms with Gasteiger partial charge in [-0.2, -0.15) is 13.2 Å². The molecule has 2 aromatic rings. The highest BCUT2D eigenvalue weighted by Crippen LogP contribution is 2.30. The lowest BCUT2D eigenvalue weighted by Crippen LogP contribution is -2.08. The molecule has 0 amide bonds. The van der Waals surface area contributed by atoms with Gasteiger partial charge >= 0.3 is 5.51 Å². The molecule has 0 saturated carbocycles. The molecule has 2 nitrogen and oxygen atoms in total. The Bertz CT molecular complexity index is 587. The first-order valence-corrected chi connectivity index (χ1v) is 6.91. The molecule has 1 aromatic carbocycles. The molecule has 0 radical (unpaired) electrons. The van der Waals surface area contributed by atoms with Gasteiger partial charge in [0.25, 0.3) is 0 Å². The number of hydrogen-bond acceptors (Lipinski definition) is 2. The van der Waals surface area contributed by atoms with Gasteiger partial charge in [-0.1, -0.05) is 30.3 Å². The predicted octanol–water partition coefficient (Wildman–Crippen LogP) is 4.47. The van der Waals surface area contributed by atoms with E-state index in [4.69, 9.17) is 12.2 Å². The van der Waals surface area contributed by atoms with Crippen LogP contribution in [0.25, 0.3) is 11.3 Å². The molecule has 0 bridgehead atoms. The van der Waals surface area contributed by atoms with Crippen molar-refractivity contribution in [1.29, 1.82) is 0 Å². The lowest BCUT2D eigenvalue weighted by Gasteiger charge is -2.09. The van der Waals surface area contributed by atoms with E-state index in [-0.39, 0.29) is 24.1 Å². The molecule has 1 heterocycles. The molecule has 0 aliphatic rings. The van der Waals surface area contributed by atoms with E-state index < -0.39 is 5.51 Å². The molecule has 1 N–H and O–H groups in total. The molecule has 0 fully saturated rings. The van der Waals surface area contributed by atoms with E-state index >= 15 is 0 Å². The van der Waals surface area contributed by atoms with Crippen molar-refractivity contribution in [2.45, 2.75) is 12.1 Å². The number of halogens is 3. The second kappa shape index (κ2) is 5.83. The van der Waals surface area contributed by atoms with Gasteiger partial charge in [-0.25, -0.2) is 0 Å². The summed E-state index contributed by atoms with van der Waals surface area (Å²) in [4.78, 5) is 2.87. The number of imidazole rings is 1.